The highest BCUT2D eigenvalue weighted by atomic mass is 35.5. The van der Waals surface area contributed by atoms with Gasteiger partial charge in [-0.2, -0.15) is 0 Å². The number of aryl methyl sites for hydroxylation is 2. The maximum atomic E-state index is 6.28. The molecule has 3 rings (SSSR count). The molecule has 0 aliphatic rings. The van der Waals surface area contributed by atoms with Crippen molar-refractivity contribution >= 4 is 22.6 Å². The van der Waals surface area contributed by atoms with Gasteiger partial charge in [0.1, 0.15) is 11.3 Å². The molecule has 0 spiro atoms. The van der Waals surface area contributed by atoms with Crippen LogP contribution in [0.1, 0.15) is 28.5 Å². The Labute approximate surface area is 129 Å². The summed E-state index contributed by atoms with van der Waals surface area (Å²) in [6.45, 7) is 4.09. The van der Waals surface area contributed by atoms with Crippen molar-refractivity contribution in [3.05, 3.63) is 69.9 Å². The summed E-state index contributed by atoms with van der Waals surface area (Å²) in [7, 11) is 0. The molecule has 0 amide bonds. The summed E-state index contributed by atoms with van der Waals surface area (Å²) in [5, 5.41) is 1.85. The minimum atomic E-state index is -0.196. The van der Waals surface area contributed by atoms with E-state index in [1.807, 2.05) is 37.3 Å². The SMILES string of the molecule is Cc1ccc(CC(N)c2cc3cc(C)ccc3o2)c(Cl)c1. The summed E-state index contributed by atoms with van der Waals surface area (Å²) in [5.74, 6) is 0.798. The lowest BCUT2D eigenvalue weighted by Gasteiger charge is -2.10. The van der Waals surface area contributed by atoms with Gasteiger partial charge >= 0.3 is 0 Å². The third-order valence-corrected chi connectivity index (χ3v) is 4.06. The van der Waals surface area contributed by atoms with E-state index in [-0.39, 0.29) is 6.04 Å². The molecule has 1 aromatic heterocycles. The first kappa shape index (κ1) is 14.2. The van der Waals surface area contributed by atoms with E-state index in [2.05, 4.69) is 19.1 Å². The van der Waals surface area contributed by atoms with E-state index in [9.17, 15) is 0 Å². The van der Waals surface area contributed by atoms with Crippen molar-refractivity contribution in [2.75, 3.05) is 0 Å². The highest BCUT2D eigenvalue weighted by Crippen LogP contribution is 2.27. The number of furan rings is 1. The van der Waals surface area contributed by atoms with Crippen LogP contribution in [0, 0.1) is 13.8 Å². The number of rotatable bonds is 3. The second kappa shape index (κ2) is 5.55. The summed E-state index contributed by atoms with van der Waals surface area (Å²) in [6.07, 6.45) is 0.665. The minimum Gasteiger partial charge on any atom is -0.459 e. The zero-order valence-corrected chi connectivity index (χ0v) is 12.9. The molecule has 2 aromatic carbocycles. The number of benzene rings is 2. The van der Waals surface area contributed by atoms with Gasteiger partial charge in [-0.15, -0.1) is 0 Å². The zero-order chi connectivity index (χ0) is 15.0. The van der Waals surface area contributed by atoms with E-state index < -0.39 is 0 Å². The fourth-order valence-corrected chi connectivity index (χ4v) is 2.83. The first-order chi connectivity index (χ1) is 10.0. The highest BCUT2D eigenvalue weighted by molar-refractivity contribution is 6.31. The van der Waals surface area contributed by atoms with Gasteiger partial charge in [0.05, 0.1) is 6.04 Å². The summed E-state index contributed by atoms with van der Waals surface area (Å²) in [6, 6.07) is 14.0. The van der Waals surface area contributed by atoms with Crippen molar-refractivity contribution in [1.29, 1.82) is 0 Å². The second-order valence-corrected chi connectivity index (χ2v) is 6.00. The number of hydrogen-bond acceptors (Lipinski definition) is 2. The fourth-order valence-electron chi connectivity index (χ4n) is 2.52. The molecule has 0 aliphatic carbocycles. The van der Waals surface area contributed by atoms with Gasteiger partial charge < -0.3 is 10.2 Å². The molecule has 3 aromatic rings. The first-order valence-corrected chi connectivity index (χ1v) is 7.41. The Morgan fingerprint density at radius 3 is 2.52 bits per heavy atom. The van der Waals surface area contributed by atoms with Crippen LogP contribution < -0.4 is 5.73 Å². The van der Waals surface area contributed by atoms with E-state index in [1.54, 1.807) is 0 Å². The molecule has 3 heteroatoms. The Kier molecular flexibility index (Phi) is 3.75. The minimum absolute atomic E-state index is 0.196. The molecule has 0 radical (unpaired) electrons. The van der Waals surface area contributed by atoms with Crippen LogP contribution in [-0.4, -0.2) is 0 Å². The third-order valence-electron chi connectivity index (χ3n) is 3.70. The van der Waals surface area contributed by atoms with Gasteiger partial charge in [-0.3, -0.25) is 0 Å². The average Bonchev–Trinajstić information content (AvgIpc) is 2.85. The van der Waals surface area contributed by atoms with Gasteiger partial charge in [-0.05, 0) is 55.7 Å². The number of fused-ring (bicyclic) bond motifs is 1. The Bertz CT molecular complexity index is 791. The van der Waals surface area contributed by atoms with E-state index in [4.69, 9.17) is 21.8 Å². The van der Waals surface area contributed by atoms with E-state index in [0.717, 1.165) is 32.9 Å². The smallest absolute Gasteiger partial charge is 0.134 e. The fraction of sp³-hybridized carbons (Fsp3) is 0.222. The highest BCUT2D eigenvalue weighted by Gasteiger charge is 2.14. The zero-order valence-electron chi connectivity index (χ0n) is 12.2. The van der Waals surface area contributed by atoms with Crippen LogP contribution in [0.3, 0.4) is 0 Å². The third kappa shape index (κ3) is 2.97. The van der Waals surface area contributed by atoms with Crippen LogP contribution >= 0.6 is 11.6 Å². The van der Waals surface area contributed by atoms with E-state index >= 15 is 0 Å². The van der Waals surface area contributed by atoms with Gasteiger partial charge in [0.25, 0.3) is 0 Å². The molecule has 0 saturated carbocycles. The van der Waals surface area contributed by atoms with Crippen LogP contribution in [0.2, 0.25) is 5.02 Å². The van der Waals surface area contributed by atoms with E-state index in [0.29, 0.717) is 6.42 Å². The van der Waals surface area contributed by atoms with Crippen molar-refractivity contribution in [2.45, 2.75) is 26.3 Å². The van der Waals surface area contributed by atoms with Crippen molar-refractivity contribution < 1.29 is 4.42 Å². The Balaban J connectivity index is 1.87. The predicted molar refractivity (Wildman–Crippen MR) is 87.8 cm³/mol. The Morgan fingerprint density at radius 1 is 1.05 bits per heavy atom. The van der Waals surface area contributed by atoms with Gasteiger partial charge in [-0.25, -0.2) is 0 Å². The van der Waals surface area contributed by atoms with Crippen LogP contribution in [-0.2, 0) is 6.42 Å². The lowest BCUT2D eigenvalue weighted by molar-refractivity contribution is 0.494. The van der Waals surface area contributed by atoms with Crippen molar-refractivity contribution in [1.82, 2.24) is 0 Å². The molecule has 108 valence electrons. The Hall–Kier alpha value is -1.77. The molecule has 0 aliphatic heterocycles. The molecular weight excluding hydrogens is 282 g/mol. The summed E-state index contributed by atoms with van der Waals surface area (Å²) < 4.78 is 5.85. The van der Waals surface area contributed by atoms with Gasteiger partial charge in [-0.1, -0.05) is 35.4 Å². The molecule has 0 bridgehead atoms. The molecular formula is C18H18ClNO. The normalized spacial score (nSPS) is 12.8. The number of hydrogen-bond donors (Lipinski definition) is 1. The molecule has 21 heavy (non-hydrogen) atoms. The van der Waals surface area contributed by atoms with Gasteiger partial charge in [0, 0.05) is 10.4 Å². The van der Waals surface area contributed by atoms with Crippen molar-refractivity contribution in [3.8, 4) is 0 Å². The number of nitrogens with two attached hydrogens (primary N) is 1. The van der Waals surface area contributed by atoms with Crippen LogP contribution in [0.25, 0.3) is 11.0 Å². The van der Waals surface area contributed by atoms with Crippen molar-refractivity contribution in [3.63, 3.8) is 0 Å². The lowest BCUT2D eigenvalue weighted by Crippen LogP contribution is -2.12. The van der Waals surface area contributed by atoms with Gasteiger partial charge in [0.15, 0.2) is 0 Å². The predicted octanol–water partition coefficient (Wildman–Crippen LogP) is 4.95. The molecule has 1 heterocycles. The number of halogens is 1. The Morgan fingerprint density at radius 2 is 1.76 bits per heavy atom. The first-order valence-electron chi connectivity index (χ1n) is 7.03. The summed E-state index contributed by atoms with van der Waals surface area (Å²) >= 11 is 6.27. The monoisotopic (exact) mass is 299 g/mol. The second-order valence-electron chi connectivity index (χ2n) is 5.60. The maximum absolute atomic E-state index is 6.28. The van der Waals surface area contributed by atoms with Crippen LogP contribution in [0.15, 0.2) is 46.9 Å². The molecule has 1 unspecified atom stereocenters. The van der Waals surface area contributed by atoms with Crippen LogP contribution in [0.4, 0.5) is 0 Å². The summed E-state index contributed by atoms with van der Waals surface area (Å²) in [5.41, 5.74) is 10.6. The summed E-state index contributed by atoms with van der Waals surface area (Å²) in [4.78, 5) is 0. The quantitative estimate of drug-likeness (QED) is 0.743. The topological polar surface area (TPSA) is 39.2 Å². The molecule has 2 nitrogen and oxygen atoms in total. The van der Waals surface area contributed by atoms with E-state index in [1.165, 1.54) is 5.56 Å². The maximum Gasteiger partial charge on any atom is 0.134 e. The van der Waals surface area contributed by atoms with Crippen LogP contribution in [0.5, 0.6) is 0 Å². The molecule has 2 N–H and O–H groups in total. The van der Waals surface area contributed by atoms with Gasteiger partial charge in [0.2, 0.25) is 0 Å². The molecule has 0 saturated heterocycles. The molecule has 1 atom stereocenters. The molecule has 0 fully saturated rings. The lowest BCUT2D eigenvalue weighted by atomic mass is 10.0. The van der Waals surface area contributed by atoms with Crippen molar-refractivity contribution in [2.24, 2.45) is 5.73 Å². The average molecular weight is 300 g/mol. The largest absolute Gasteiger partial charge is 0.459 e. The standard InChI is InChI=1S/C18H18ClNO/c1-11-4-6-17-14(7-11)10-18(21-17)16(20)9-13-5-3-12(2)8-15(13)19/h3-8,10,16H,9,20H2,1-2H3.